The lowest BCUT2D eigenvalue weighted by Crippen LogP contribution is -2.41. The second-order valence-electron chi connectivity index (χ2n) is 8.14. The van der Waals surface area contributed by atoms with E-state index in [0.717, 1.165) is 6.07 Å². The third-order valence-electron chi connectivity index (χ3n) is 6.05. The quantitative estimate of drug-likeness (QED) is 0.0843. The predicted octanol–water partition coefficient (Wildman–Crippen LogP) is 6.72. The maximum absolute atomic E-state index is 15.4. The summed E-state index contributed by atoms with van der Waals surface area (Å²) in [6.45, 7) is 0. The molecule has 5 aromatic rings. The van der Waals surface area contributed by atoms with E-state index in [1.165, 1.54) is 0 Å². The summed E-state index contributed by atoms with van der Waals surface area (Å²) < 4.78 is 191. The second kappa shape index (κ2) is 9.18. The van der Waals surface area contributed by atoms with Crippen molar-refractivity contribution < 1.29 is 66.8 Å². The number of fused-ring (bicyclic) bond motifs is 3. The molecule has 0 bridgehead atoms. The minimum Gasteiger partial charge on any atom is -0.532 e. The van der Waals surface area contributed by atoms with Gasteiger partial charge in [0.25, 0.3) is 0 Å². The van der Waals surface area contributed by atoms with Gasteiger partial charge in [0.05, 0.1) is 21.5 Å². The van der Waals surface area contributed by atoms with Gasteiger partial charge < -0.3 is 9.68 Å². The molecule has 0 saturated carbocycles. The number of halogens is 13. The summed E-state index contributed by atoms with van der Waals surface area (Å²) in [5.74, 6) is -33.0. The highest BCUT2D eigenvalue weighted by Gasteiger charge is 2.38. The summed E-state index contributed by atoms with van der Waals surface area (Å²) in [7, 11) is -3.18. The molecule has 0 aliphatic carbocycles. The number of benzene rings is 5. The Morgan fingerprint density at radius 1 is 0.425 bits per heavy atom. The van der Waals surface area contributed by atoms with Crippen molar-refractivity contribution in [2.24, 2.45) is 0 Å². The molecule has 5 rings (SSSR count). The molecule has 206 valence electrons. The maximum Gasteiger partial charge on any atom is 0.563 e. The molecule has 0 saturated heterocycles. The van der Waals surface area contributed by atoms with Gasteiger partial charge in [-0.15, -0.1) is 0 Å². The summed E-state index contributed by atoms with van der Waals surface area (Å²) in [6, 6.07) is 2.16. The molecule has 16 heteroatoms. The SMILES string of the molecule is OB(Oc1cccc2c(F)c(F)c(F)c(F)c12)c1c(F)c(F)c(F)c2c(F)c3c(F)c(F)c(F)c(F)c3c(F)c12. The number of rotatable bonds is 3. The number of hydrogen-bond acceptors (Lipinski definition) is 2. The van der Waals surface area contributed by atoms with Gasteiger partial charge in [-0.1, -0.05) is 12.1 Å². The van der Waals surface area contributed by atoms with Crippen molar-refractivity contribution in [3.63, 3.8) is 0 Å². The standard InChI is InChI=1S/C24H4BF13O2/c26-12-4-2-1-3-5(6(4)15(29)22(36)20(12)34)40-25(39)11-7-8(16(30)21(35)19(11)33)14(28)10-9(13(7)27)17(31)23(37)24(38)18(10)32/h1-3,39H. The Labute approximate surface area is 211 Å². The first-order valence-electron chi connectivity index (χ1n) is 10.4. The summed E-state index contributed by atoms with van der Waals surface area (Å²) in [4.78, 5) is 0. The third kappa shape index (κ3) is 3.51. The van der Waals surface area contributed by atoms with E-state index in [1.807, 2.05) is 0 Å². The zero-order valence-corrected chi connectivity index (χ0v) is 18.6. The highest BCUT2D eigenvalue weighted by atomic mass is 19.2. The van der Waals surface area contributed by atoms with Crippen LogP contribution in [0.4, 0.5) is 57.1 Å². The average molecular weight is 582 g/mol. The molecule has 40 heavy (non-hydrogen) atoms. The molecule has 0 aromatic heterocycles. The first-order valence-corrected chi connectivity index (χ1v) is 10.4. The van der Waals surface area contributed by atoms with Gasteiger partial charge in [0, 0.05) is 16.2 Å². The third-order valence-corrected chi connectivity index (χ3v) is 6.05. The van der Waals surface area contributed by atoms with E-state index < -0.39 is 126 Å². The van der Waals surface area contributed by atoms with Crippen LogP contribution in [-0.2, 0) is 0 Å². The smallest absolute Gasteiger partial charge is 0.532 e. The van der Waals surface area contributed by atoms with Crippen molar-refractivity contribution in [1.82, 2.24) is 0 Å². The Kier molecular flexibility index (Phi) is 6.28. The van der Waals surface area contributed by atoms with E-state index in [2.05, 4.69) is 0 Å². The van der Waals surface area contributed by atoms with Gasteiger partial charge in [-0.3, -0.25) is 0 Å². The van der Waals surface area contributed by atoms with E-state index in [0.29, 0.717) is 12.1 Å². The lowest BCUT2D eigenvalue weighted by Gasteiger charge is -2.18. The van der Waals surface area contributed by atoms with Crippen molar-refractivity contribution >= 4 is 44.9 Å². The van der Waals surface area contributed by atoms with Crippen LogP contribution in [0.15, 0.2) is 18.2 Å². The van der Waals surface area contributed by atoms with E-state index in [-0.39, 0.29) is 0 Å². The topological polar surface area (TPSA) is 29.5 Å². The van der Waals surface area contributed by atoms with Crippen LogP contribution in [0.2, 0.25) is 0 Å². The Balaban J connectivity index is 1.87. The fourth-order valence-corrected chi connectivity index (χ4v) is 4.28. The minimum absolute atomic E-state index is 0.644. The fraction of sp³-hybridized carbons (Fsp3) is 0. The summed E-state index contributed by atoms with van der Waals surface area (Å²) in [6.07, 6.45) is 0. The summed E-state index contributed by atoms with van der Waals surface area (Å²) >= 11 is 0. The Morgan fingerprint density at radius 3 is 1.35 bits per heavy atom. The van der Waals surface area contributed by atoms with Crippen molar-refractivity contribution in [3.8, 4) is 5.75 Å². The molecule has 0 heterocycles. The molecule has 0 fully saturated rings. The molecule has 0 atom stereocenters. The lowest BCUT2D eigenvalue weighted by atomic mass is 9.74. The van der Waals surface area contributed by atoms with E-state index >= 15 is 8.78 Å². The first kappa shape index (κ1) is 27.4. The molecule has 0 spiro atoms. The van der Waals surface area contributed by atoms with Crippen LogP contribution in [-0.4, -0.2) is 12.1 Å². The molecule has 0 amide bonds. The second-order valence-corrected chi connectivity index (χ2v) is 8.14. The lowest BCUT2D eigenvalue weighted by molar-refractivity contribution is 0.410. The molecular weight excluding hydrogens is 578 g/mol. The van der Waals surface area contributed by atoms with Crippen molar-refractivity contribution in [3.05, 3.63) is 93.8 Å². The molecule has 0 aliphatic heterocycles. The van der Waals surface area contributed by atoms with Gasteiger partial charge in [-0.05, 0) is 6.07 Å². The zero-order chi connectivity index (χ0) is 29.5. The largest absolute Gasteiger partial charge is 0.563 e. The van der Waals surface area contributed by atoms with E-state index in [1.54, 1.807) is 0 Å². The van der Waals surface area contributed by atoms with E-state index in [9.17, 15) is 53.3 Å². The minimum atomic E-state index is -3.18. The van der Waals surface area contributed by atoms with Gasteiger partial charge in [-0.2, -0.15) is 0 Å². The van der Waals surface area contributed by atoms with Crippen molar-refractivity contribution in [2.75, 3.05) is 0 Å². The normalized spacial score (nSPS) is 11.8. The molecular formula is C24H4BF13O2. The van der Waals surface area contributed by atoms with Crippen LogP contribution in [0.25, 0.3) is 32.3 Å². The first-order chi connectivity index (χ1) is 18.7. The maximum atomic E-state index is 15.4. The fourth-order valence-electron chi connectivity index (χ4n) is 4.28. The van der Waals surface area contributed by atoms with Gasteiger partial charge >= 0.3 is 7.12 Å². The van der Waals surface area contributed by atoms with Gasteiger partial charge in [-0.25, -0.2) is 57.1 Å². The Hall–Kier alpha value is -4.21. The van der Waals surface area contributed by atoms with Crippen LogP contribution < -0.4 is 10.1 Å². The van der Waals surface area contributed by atoms with Crippen LogP contribution in [0.3, 0.4) is 0 Å². The zero-order valence-electron chi connectivity index (χ0n) is 18.6. The van der Waals surface area contributed by atoms with Crippen LogP contribution in [0, 0.1) is 75.6 Å². The van der Waals surface area contributed by atoms with Crippen LogP contribution in [0.1, 0.15) is 0 Å². The molecule has 1 N–H and O–H groups in total. The molecule has 0 aliphatic rings. The highest BCUT2D eigenvalue weighted by molar-refractivity contribution is 6.64. The van der Waals surface area contributed by atoms with Gasteiger partial charge in [0.2, 0.25) is 0 Å². The highest BCUT2D eigenvalue weighted by Crippen LogP contribution is 2.39. The summed E-state index contributed by atoms with van der Waals surface area (Å²) in [5, 5.41) is 0.252. The molecule has 2 nitrogen and oxygen atoms in total. The Bertz CT molecular complexity index is 1940. The molecule has 0 unspecified atom stereocenters. The monoisotopic (exact) mass is 582 g/mol. The summed E-state index contributed by atoms with van der Waals surface area (Å²) in [5.41, 5.74) is -1.91. The van der Waals surface area contributed by atoms with Gasteiger partial charge in [0.15, 0.2) is 64.0 Å². The number of hydrogen-bond donors (Lipinski definition) is 1. The van der Waals surface area contributed by atoms with Gasteiger partial charge in [0.1, 0.15) is 17.4 Å². The van der Waals surface area contributed by atoms with Crippen molar-refractivity contribution in [1.29, 1.82) is 0 Å². The van der Waals surface area contributed by atoms with Crippen molar-refractivity contribution in [2.45, 2.75) is 0 Å². The predicted molar refractivity (Wildman–Crippen MR) is 113 cm³/mol. The van der Waals surface area contributed by atoms with E-state index in [4.69, 9.17) is 4.65 Å². The molecule has 0 radical (unpaired) electrons. The Morgan fingerprint density at radius 2 is 0.825 bits per heavy atom. The van der Waals surface area contributed by atoms with Crippen LogP contribution >= 0.6 is 0 Å². The average Bonchev–Trinajstić information content (AvgIpc) is 2.92. The molecule has 5 aromatic carbocycles. The van der Waals surface area contributed by atoms with Crippen LogP contribution in [0.5, 0.6) is 5.75 Å².